The summed E-state index contributed by atoms with van der Waals surface area (Å²) in [5, 5.41) is 3.60. The smallest absolute Gasteiger partial charge is 0.0686 e. The summed E-state index contributed by atoms with van der Waals surface area (Å²) in [6.45, 7) is 6.86. The first-order valence-corrected chi connectivity index (χ1v) is 5.91. The summed E-state index contributed by atoms with van der Waals surface area (Å²) in [4.78, 5) is 0. The van der Waals surface area contributed by atoms with Crippen LogP contribution in [0.25, 0.3) is 0 Å². The largest absolute Gasteiger partial charge is 0.301 e. The van der Waals surface area contributed by atoms with Crippen LogP contribution in [0.1, 0.15) is 46.5 Å². The SMILES string of the molecule is C#CC(CC)NC1CCCC(C)C1C. The molecule has 14 heavy (non-hydrogen) atoms. The fourth-order valence-corrected chi connectivity index (χ4v) is 2.36. The Hall–Kier alpha value is -0.480. The van der Waals surface area contributed by atoms with Crippen LogP contribution in [0.15, 0.2) is 0 Å². The molecule has 0 saturated heterocycles. The van der Waals surface area contributed by atoms with Gasteiger partial charge in [-0.05, 0) is 24.7 Å². The third-order valence-corrected chi connectivity index (χ3v) is 3.73. The van der Waals surface area contributed by atoms with E-state index in [9.17, 15) is 0 Å². The molecule has 4 atom stereocenters. The van der Waals surface area contributed by atoms with Gasteiger partial charge in [-0.2, -0.15) is 0 Å². The molecule has 4 unspecified atom stereocenters. The molecule has 0 spiro atoms. The third-order valence-electron chi connectivity index (χ3n) is 3.73. The van der Waals surface area contributed by atoms with Crippen LogP contribution < -0.4 is 5.32 Å². The highest BCUT2D eigenvalue weighted by Crippen LogP contribution is 2.29. The molecule has 0 amide bonds. The minimum Gasteiger partial charge on any atom is -0.301 e. The molecule has 1 fully saturated rings. The lowest BCUT2D eigenvalue weighted by Crippen LogP contribution is -2.45. The first-order chi connectivity index (χ1) is 6.69. The Balaban J connectivity index is 2.47. The van der Waals surface area contributed by atoms with E-state index in [1.165, 1.54) is 19.3 Å². The first-order valence-electron chi connectivity index (χ1n) is 5.91. The van der Waals surface area contributed by atoms with Crippen molar-refractivity contribution >= 4 is 0 Å². The molecule has 0 radical (unpaired) electrons. The topological polar surface area (TPSA) is 12.0 Å². The Morgan fingerprint density at radius 1 is 1.43 bits per heavy atom. The molecule has 1 nitrogen and oxygen atoms in total. The third kappa shape index (κ3) is 2.75. The zero-order valence-electron chi connectivity index (χ0n) is 9.72. The number of terminal acetylenes is 1. The van der Waals surface area contributed by atoms with Crippen LogP contribution in [0.4, 0.5) is 0 Å². The number of hydrogen-bond acceptors (Lipinski definition) is 1. The van der Waals surface area contributed by atoms with Crippen molar-refractivity contribution < 1.29 is 0 Å². The van der Waals surface area contributed by atoms with Gasteiger partial charge in [0.1, 0.15) is 0 Å². The van der Waals surface area contributed by atoms with E-state index in [-0.39, 0.29) is 6.04 Å². The van der Waals surface area contributed by atoms with Gasteiger partial charge < -0.3 is 5.32 Å². The molecule has 0 aliphatic heterocycles. The molecule has 1 aliphatic rings. The van der Waals surface area contributed by atoms with Crippen molar-refractivity contribution in [2.45, 2.75) is 58.5 Å². The monoisotopic (exact) mass is 193 g/mol. The van der Waals surface area contributed by atoms with E-state index in [1.807, 2.05) is 0 Å². The van der Waals surface area contributed by atoms with Crippen molar-refractivity contribution in [1.82, 2.24) is 5.32 Å². The second-order valence-corrected chi connectivity index (χ2v) is 4.67. The summed E-state index contributed by atoms with van der Waals surface area (Å²) < 4.78 is 0. The van der Waals surface area contributed by atoms with E-state index in [1.54, 1.807) is 0 Å². The summed E-state index contributed by atoms with van der Waals surface area (Å²) in [7, 11) is 0. The fraction of sp³-hybridized carbons (Fsp3) is 0.846. The summed E-state index contributed by atoms with van der Waals surface area (Å²) in [5.41, 5.74) is 0. The summed E-state index contributed by atoms with van der Waals surface area (Å²) >= 11 is 0. The normalized spacial score (nSPS) is 34.9. The second kappa shape index (κ2) is 5.41. The van der Waals surface area contributed by atoms with Gasteiger partial charge in [-0.15, -0.1) is 6.42 Å². The Bertz CT molecular complexity index is 204. The summed E-state index contributed by atoms with van der Waals surface area (Å²) in [6, 6.07) is 0.910. The standard InChI is InChI=1S/C13H23N/c1-5-12(6-2)14-13-9-7-8-10(3)11(13)4/h1,10-14H,6-9H2,2-4H3. The quantitative estimate of drug-likeness (QED) is 0.680. The maximum Gasteiger partial charge on any atom is 0.0686 e. The first kappa shape index (κ1) is 11.6. The van der Waals surface area contributed by atoms with Crippen molar-refractivity contribution in [3.8, 4) is 12.3 Å². The zero-order valence-corrected chi connectivity index (χ0v) is 9.72. The van der Waals surface area contributed by atoms with Crippen molar-refractivity contribution in [3.63, 3.8) is 0 Å². The number of nitrogens with one attached hydrogen (secondary N) is 1. The van der Waals surface area contributed by atoms with Gasteiger partial charge in [0, 0.05) is 6.04 Å². The highest BCUT2D eigenvalue weighted by molar-refractivity contribution is 5.00. The summed E-state index contributed by atoms with van der Waals surface area (Å²) in [6.07, 6.45) is 10.5. The van der Waals surface area contributed by atoms with Crippen LogP contribution in [-0.4, -0.2) is 12.1 Å². The van der Waals surface area contributed by atoms with Gasteiger partial charge in [0.05, 0.1) is 6.04 Å². The van der Waals surface area contributed by atoms with E-state index in [0.717, 1.165) is 18.3 Å². The lowest BCUT2D eigenvalue weighted by Gasteiger charge is -2.36. The Morgan fingerprint density at radius 3 is 2.71 bits per heavy atom. The number of rotatable bonds is 3. The van der Waals surface area contributed by atoms with Crippen LogP contribution >= 0.6 is 0 Å². The van der Waals surface area contributed by atoms with Crippen molar-refractivity contribution in [1.29, 1.82) is 0 Å². The zero-order chi connectivity index (χ0) is 10.6. The second-order valence-electron chi connectivity index (χ2n) is 4.67. The minimum atomic E-state index is 0.271. The highest BCUT2D eigenvalue weighted by Gasteiger charge is 2.27. The van der Waals surface area contributed by atoms with E-state index < -0.39 is 0 Å². The predicted octanol–water partition coefficient (Wildman–Crippen LogP) is 2.81. The molecule has 0 heterocycles. The average Bonchev–Trinajstić information content (AvgIpc) is 2.20. The van der Waals surface area contributed by atoms with Gasteiger partial charge in [0.2, 0.25) is 0 Å². The van der Waals surface area contributed by atoms with Gasteiger partial charge in [-0.25, -0.2) is 0 Å². The lowest BCUT2D eigenvalue weighted by molar-refractivity contribution is 0.200. The molecule has 1 rings (SSSR count). The van der Waals surface area contributed by atoms with Crippen molar-refractivity contribution in [2.75, 3.05) is 0 Å². The minimum absolute atomic E-state index is 0.271. The number of hydrogen-bond donors (Lipinski definition) is 1. The molecule has 80 valence electrons. The molecule has 1 N–H and O–H groups in total. The Morgan fingerprint density at radius 2 is 2.14 bits per heavy atom. The molecule has 0 aromatic heterocycles. The maximum absolute atomic E-state index is 5.47. The molecule has 1 heteroatoms. The van der Waals surface area contributed by atoms with Crippen molar-refractivity contribution in [3.05, 3.63) is 0 Å². The lowest BCUT2D eigenvalue weighted by atomic mass is 9.78. The van der Waals surface area contributed by atoms with E-state index in [4.69, 9.17) is 6.42 Å². The Labute approximate surface area is 88.7 Å². The molecule has 0 aromatic carbocycles. The van der Waals surface area contributed by atoms with Gasteiger partial charge in [-0.1, -0.05) is 39.5 Å². The molecule has 1 aliphatic carbocycles. The highest BCUT2D eigenvalue weighted by atomic mass is 15.0. The van der Waals surface area contributed by atoms with E-state index in [2.05, 4.69) is 32.0 Å². The fourth-order valence-electron chi connectivity index (χ4n) is 2.36. The van der Waals surface area contributed by atoms with Crippen LogP contribution in [-0.2, 0) is 0 Å². The van der Waals surface area contributed by atoms with E-state index in [0.29, 0.717) is 6.04 Å². The molecular formula is C13H23N. The maximum atomic E-state index is 5.47. The predicted molar refractivity (Wildman–Crippen MR) is 62.0 cm³/mol. The van der Waals surface area contributed by atoms with Gasteiger partial charge in [0.15, 0.2) is 0 Å². The van der Waals surface area contributed by atoms with Crippen LogP contribution in [0.2, 0.25) is 0 Å². The molecule has 0 aromatic rings. The molecule has 0 bridgehead atoms. The van der Waals surface area contributed by atoms with Crippen molar-refractivity contribution in [2.24, 2.45) is 11.8 Å². The average molecular weight is 193 g/mol. The van der Waals surface area contributed by atoms with E-state index >= 15 is 0 Å². The van der Waals surface area contributed by atoms with Crippen LogP contribution in [0.3, 0.4) is 0 Å². The van der Waals surface area contributed by atoms with Crippen LogP contribution in [0.5, 0.6) is 0 Å². The van der Waals surface area contributed by atoms with Gasteiger partial charge in [-0.3, -0.25) is 0 Å². The summed E-state index contributed by atoms with van der Waals surface area (Å²) in [5.74, 6) is 4.44. The van der Waals surface area contributed by atoms with Gasteiger partial charge >= 0.3 is 0 Å². The molecule has 1 saturated carbocycles. The van der Waals surface area contributed by atoms with Crippen LogP contribution in [0, 0.1) is 24.2 Å². The molecular weight excluding hydrogens is 170 g/mol. The van der Waals surface area contributed by atoms with Gasteiger partial charge in [0.25, 0.3) is 0 Å². The Kier molecular flexibility index (Phi) is 4.48.